The Labute approximate surface area is 97.2 Å². The molecular formula is C12H21N3O. The summed E-state index contributed by atoms with van der Waals surface area (Å²) in [6.45, 7) is 6.58. The fraction of sp³-hybridized carbons (Fsp3) is 0.667. The Balaban J connectivity index is 1.87. The van der Waals surface area contributed by atoms with Crippen molar-refractivity contribution >= 4 is 0 Å². The van der Waals surface area contributed by atoms with Crippen LogP contribution in [0.5, 0.6) is 0 Å². The van der Waals surface area contributed by atoms with Crippen LogP contribution in [-0.4, -0.2) is 43.1 Å². The molecule has 0 radical (unpaired) electrons. The maximum Gasteiger partial charge on any atom is 0.122 e. The third-order valence-electron chi connectivity index (χ3n) is 3.14. The van der Waals surface area contributed by atoms with Gasteiger partial charge in [-0.25, -0.2) is 10.4 Å². The summed E-state index contributed by atoms with van der Waals surface area (Å²) in [6.07, 6.45) is 2.78. The molecule has 1 aliphatic rings. The SMILES string of the molecule is CCC(NN1CCN(C)CC1)c1ccco1. The maximum absolute atomic E-state index is 5.45. The molecule has 2 rings (SSSR count). The lowest BCUT2D eigenvalue weighted by atomic mass is 10.2. The van der Waals surface area contributed by atoms with Gasteiger partial charge in [-0.3, -0.25) is 0 Å². The lowest BCUT2D eigenvalue weighted by Crippen LogP contribution is -2.51. The van der Waals surface area contributed by atoms with Crippen LogP contribution in [0.3, 0.4) is 0 Å². The van der Waals surface area contributed by atoms with E-state index < -0.39 is 0 Å². The second-order valence-corrected chi connectivity index (χ2v) is 4.40. The quantitative estimate of drug-likeness (QED) is 0.838. The first-order valence-corrected chi connectivity index (χ1v) is 6.02. The normalized spacial score (nSPS) is 21.1. The molecule has 0 aromatic carbocycles. The van der Waals surface area contributed by atoms with E-state index in [1.807, 2.05) is 12.1 Å². The van der Waals surface area contributed by atoms with Gasteiger partial charge in [-0.1, -0.05) is 6.92 Å². The van der Waals surface area contributed by atoms with Crippen molar-refractivity contribution in [3.63, 3.8) is 0 Å². The van der Waals surface area contributed by atoms with Crippen molar-refractivity contribution in [3.8, 4) is 0 Å². The molecule has 0 bridgehead atoms. The van der Waals surface area contributed by atoms with Crippen molar-refractivity contribution in [2.45, 2.75) is 19.4 Å². The number of furan rings is 1. The number of nitrogens with zero attached hydrogens (tertiary/aromatic N) is 2. The number of likely N-dealkylation sites (N-methyl/N-ethyl adjacent to an activating group) is 1. The van der Waals surface area contributed by atoms with Gasteiger partial charge >= 0.3 is 0 Å². The molecule has 1 saturated heterocycles. The zero-order valence-electron chi connectivity index (χ0n) is 10.1. The van der Waals surface area contributed by atoms with Gasteiger partial charge in [0.1, 0.15) is 5.76 Å². The smallest absolute Gasteiger partial charge is 0.122 e. The van der Waals surface area contributed by atoms with E-state index in [1.165, 1.54) is 0 Å². The number of hydrogen-bond acceptors (Lipinski definition) is 4. The van der Waals surface area contributed by atoms with Crippen molar-refractivity contribution in [1.82, 2.24) is 15.3 Å². The van der Waals surface area contributed by atoms with Crippen LogP contribution in [-0.2, 0) is 0 Å². The Hall–Kier alpha value is -0.840. The van der Waals surface area contributed by atoms with Crippen LogP contribution in [0.15, 0.2) is 22.8 Å². The van der Waals surface area contributed by atoms with E-state index in [2.05, 4.69) is 29.3 Å². The molecule has 1 fully saturated rings. The molecule has 1 unspecified atom stereocenters. The number of rotatable bonds is 4. The van der Waals surface area contributed by atoms with E-state index in [9.17, 15) is 0 Å². The van der Waals surface area contributed by atoms with Crippen molar-refractivity contribution < 1.29 is 4.42 Å². The van der Waals surface area contributed by atoms with Crippen LogP contribution in [0.4, 0.5) is 0 Å². The summed E-state index contributed by atoms with van der Waals surface area (Å²) in [4.78, 5) is 2.35. The second kappa shape index (κ2) is 5.48. The fourth-order valence-electron chi connectivity index (χ4n) is 2.00. The number of hydrogen-bond donors (Lipinski definition) is 1. The van der Waals surface area contributed by atoms with Crippen molar-refractivity contribution in [2.75, 3.05) is 33.2 Å². The van der Waals surface area contributed by atoms with Crippen molar-refractivity contribution in [1.29, 1.82) is 0 Å². The van der Waals surface area contributed by atoms with E-state index in [1.54, 1.807) is 6.26 Å². The molecule has 0 amide bonds. The summed E-state index contributed by atoms with van der Waals surface area (Å²) < 4.78 is 5.45. The van der Waals surface area contributed by atoms with Gasteiger partial charge in [0.25, 0.3) is 0 Å². The summed E-state index contributed by atoms with van der Waals surface area (Å²) >= 11 is 0. The summed E-state index contributed by atoms with van der Waals surface area (Å²) in [6, 6.07) is 4.29. The highest BCUT2D eigenvalue weighted by atomic mass is 16.3. The van der Waals surface area contributed by atoms with Gasteiger partial charge in [0.2, 0.25) is 0 Å². The van der Waals surface area contributed by atoms with E-state index in [-0.39, 0.29) is 0 Å². The van der Waals surface area contributed by atoms with Crippen LogP contribution < -0.4 is 5.43 Å². The van der Waals surface area contributed by atoms with Crippen LogP contribution in [0.2, 0.25) is 0 Å². The van der Waals surface area contributed by atoms with Gasteiger partial charge in [-0.15, -0.1) is 0 Å². The minimum atomic E-state index is 0.304. The summed E-state index contributed by atoms with van der Waals surface area (Å²) in [5, 5.41) is 2.30. The maximum atomic E-state index is 5.45. The third-order valence-corrected chi connectivity index (χ3v) is 3.14. The molecule has 90 valence electrons. The Bertz CT molecular complexity index is 291. The van der Waals surface area contributed by atoms with E-state index in [0.717, 1.165) is 38.4 Å². The van der Waals surface area contributed by atoms with Crippen LogP contribution in [0.25, 0.3) is 0 Å². The Kier molecular flexibility index (Phi) is 3.98. The van der Waals surface area contributed by atoms with Gasteiger partial charge in [-0.05, 0) is 25.6 Å². The largest absolute Gasteiger partial charge is 0.468 e. The predicted molar refractivity (Wildman–Crippen MR) is 63.9 cm³/mol. The first-order valence-electron chi connectivity index (χ1n) is 6.02. The molecule has 2 heterocycles. The molecule has 0 saturated carbocycles. The molecule has 1 aromatic rings. The minimum absolute atomic E-state index is 0.304. The minimum Gasteiger partial charge on any atom is -0.468 e. The van der Waals surface area contributed by atoms with Gasteiger partial charge < -0.3 is 9.32 Å². The summed E-state index contributed by atoms with van der Waals surface area (Å²) in [5.74, 6) is 1.03. The average Bonchev–Trinajstić information content (AvgIpc) is 2.82. The highest BCUT2D eigenvalue weighted by Gasteiger charge is 2.18. The highest BCUT2D eigenvalue weighted by Crippen LogP contribution is 2.17. The van der Waals surface area contributed by atoms with Crippen LogP contribution >= 0.6 is 0 Å². The first kappa shape index (κ1) is 11.6. The fourth-order valence-corrected chi connectivity index (χ4v) is 2.00. The predicted octanol–water partition coefficient (Wildman–Crippen LogP) is 1.48. The number of nitrogens with one attached hydrogen (secondary N) is 1. The molecule has 0 aliphatic carbocycles. The molecule has 1 N–H and O–H groups in total. The summed E-state index contributed by atoms with van der Waals surface area (Å²) in [5.41, 5.74) is 3.54. The molecule has 4 heteroatoms. The standard InChI is InChI=1S/C12H21N3O/c1-3-11(12-5-4-10-16-12)13-15-8-6-14(2)7-9-15/h4-5,10-11,13H,3,6-9H2,1-2H3. The average molecular weight is 223 g/mol. The molecule has 1 atom stereocenters. The van der Waals surface area contributed by atoms with Gasteiger partial charge in [0, 0.05) is 26.2 Å². The Morgan fingerprint density at radius 3 is 2.69 bits per heavy atom. The Morgan fingerprint density at radius 2 is 2.12 bits per heavy atom. The van der Waals surface area contributed by atoms with E-state index in [0.29, 0.717) is 6.04 Å². The van der Waals surface area contributed by atoms with Crippen molar-refractivity contribution in [2.24, 2.45) is 0 Å². The van der Waals surface area contributed by atoms with Gasteiger partial charge in [0.05, 0.1) is 12.3 Å². The lowest BCUT2D eigenvalue weighted by molar-refractivity contribution is 0.0810. The van der Waals surface area contributed by atoms with E-state index >= 15 is 0 Å². The third kappa shape index (κ3) is 2.84. The number of piperazine rings is 1. The molecule has 1 aromatic heterocycles. The topological polar surface area (TPSA) is 31.6 Å². The second-order valence-electron chi connectivity index (χ2n) is 4.40. The zero-order valence-corrected chi connectivity index (χ0v) is 10.1. The molecule has 4 nitrogen and oxygen atoms in total. The lowest BCUT2D eigenvalue weighted by Gasteiger charge is -2.34. The molecule has 1 aliphatic heterocycles. The number of hydrazine groups is 1. The zero-order chi connectivity index (χ0) is 11.4. The highest BCUT2D eigenvalue weighted by molar-refractivity contribution is 5.03. The Morgan fingerprint density at radius 1 is 1.38 bits per heavy atom. The van der Waals surface area contributed by atoms with E-state index in [4.69, 9.17) is 4.42 Å². The molecule has 16 heavy (non-hydrogen) atoms. The monoisotopic (exact) mass is 223 g/mol. The van der Waals surface area contributed by atoms with Crippen LogP contribution in [0.1, 0.15) is 25.1 Å². The van der Waals surface area contributed by atoms with Crippen molar-refractivity contribution in [3.05, 3.63) is 24.2 Å². The molecule has 0 spiro atoms. The van der Waals surface area contributed by atoms with Crippen LogP contribution in [0, 0.1) is 0 Å². The summed E-state index contributed by atoms with van der Waals surface area (Å²) in [7, 11) is 2.17. The molecular weight excluding hydrogens is 202 g/mol. The van der Waals surface area contributed by atoms with Gasteiger partial charge in [-0.2, -0.15) is 0 Å². The first-order chi connectivity index (χ1) is 7.79. The van der Waals surface area contributed by atoms with Gasteiger partial charge in [0.15, 0.2) is 0 Å².